The van der Waals surface area contributed by atoms with Gasteiger partial charge in [0.15, 0.2) is 0 Å². The molecule has 2 aromatic carbocycles. The Hall–Kier alpha value is -3.88. The van der Waals surface area contributed by atoms with Crippen molar-refractivity contribution in [2.75, 3.05) is 33.9 Å². The number of hydrogen-bond donors (Lipinski definition) is 2. The number of halogens is 4. The Bertz CT molecular complexity index is 1770. The molecule has 0 spiro atoms. The zero-order valence-corrected chi connectivity index (χ0v) is 30.9. The highest BCUT2D eigenvalue weighted by molar-refractivity contribution is 7.59. The van der Waals surface area contributed by atoms with Crippen LogP contribution >= 0.6 is 13.5 Å². The SMILES string of the molecule is COc1cc(C)c(-c2cc(C)c(F)c([C@H](CC(=O)O)NC(=O)C(CC(C)C)n3cc(CCN4CC(OC)C4)c(C(F)(F)F)cc3=O)c2)c(C)c1.S. The van der Waals surface area contributed by atoms with Crippen molar-refractivity contribution in [1.29, 1.82) is 0 Å². The van der Waals surface area contributed by atoms with Crippen molar-refractivity contribution in [1.82, 2.24) is 14.8 Å². The fraction of sp³-hybridized carbons (Fsp3) is 0.486. The minimum Gasteiger partial charge on any atom is -0.497 e. The quantitative estimate of drug-likeness (QED) is 0.182. The topological polar surface area (TPSA) is 110 Å². The van der Waals surface area contributed by atoms with Gasteiger partial charge in [-0.2, -0.15) is 26.7 Å². The number of carboxylic acid groups (broad SMARTS) is 1. The van der Waals surface area contributed by atoms with Gasteiger partial charge in [-0.15, -0.1) is 0 Å². The van der Waals surface area contributed by atoms with Crippen LogP contribution in [0.5, 0.6) is 5.75 Å². The number of aryl methyl sites for hydroxylation is 3. The number of aliphatic carboxylic acids is 1. The highest BCUT2D eigenvalue weighted by Crippen LogP contribution is 2.36. The standard InChI is InChI=1S/C37H45F4N3O6.H2S/c1-20(2)10-31(44-17-24(8-9-43-18-27(19-43)50-7)29(15-32(44)45)37(39,40)41)36(48)42-30(16-33(46)47)28-14-25(11-23(5)35(28)38)34-21(3)12-26(49-6)13-22(34)4;/h11-15,17,20,27,30-31H,8-10,16,18-19H2,1-7H3,(H,42,48)(H,46,47);1H2/t30-,31?;/m0./s1. The molecule has 1 saturated heterocycles. The van der Waals surface area contributed by atoms with Crippen molar-refractivity contribution < 1.29 is 41.7 Å². The average molecular weight is 738 g/mol. The van der Waals surface area contributed by atoms with Gasteiger partial charge in [-0.05, 0) is 97.2 Å². The number of nitrogens with zero attached hydrogens (tertiary/aromatic N) is 2. The minimum absolute atomic E-state index is 0. The van der Waals surface area contributed by atoms with E-state index < -0.39 is 53.5 Å². The lowest BCUT2D eigenvalue weighted by molar-refractivity contribution is -0.139. The maximum absolute atomic E-state index is 15.9. The molecule has 1 aliphatic rings. The van der Waals surface area contributed by atoms with E-state index in [4.69, 9.17) is 9.47 Å². The van der Waals surface area contributed by atoms with Crippen LogP contribution in [0.25, 0.3) is 11.1 Å². The van der Waals surface area contributed by atoms with Gasteiger partial charge in [0.2, 0.25) is 5.91 Å². The number of rotatable bonds is 14. The molecular weight excluding hydrogens is 690 g/mol. The predicted molar refractivity (Wildman–Crippen MR) is 191 cm³/mol. The summed E-state index contributed by atoms with van der Waals surface area (Å²) in [6.07, 6.45) is -4.40. The second kappa shape index (κ2) is 17.1. The molecular formula is C37H47F4N3O6S. The van der Waals surface area contributed by atoms with E-state index in [0.29, 0.717) is 30.5 Å². The Balaban J connectivity index is 0.00000702. The molecule has 1 aromatic heterocycles. The molecule has 1 aliphatic heterocycles. The minimum atomic E-state index is -4.80. The summed E-state index contributed by atoms with van der Waals surface area (Å²) < 4.78 is 69.8. The Labute approximate surface area is 302 Å². The number of ether oxygens (including phenoxy) is 2. The van der Waals surface area contributed by atoms with Crippen LogP contribution in [-0.2, 0) is 26.9 Å². The molecule has 0 saturated carbocycles. The summed E-state index contributed by atoms with van der Waals surface area (Å²) in [5.41, 5.74) is 0.940. The van der Waals surface area contributed by atoms with Gasteiger partial charge in [0.05, 0.1) is 31.2 Å². The van der Waals surface area contributed by atoms with Gasteiger partial charge in [0, 0.05) is 44.6 Å². The van der Waals surface area contributed by atoms with E-state index in [9.17, 15) is 32.7 Å². The number of aromatic nitrogens is 1. The lowest BCUT2D eigenvalue weighted by atomic mass is 9.90. The van der Waals surface area contributed by atoms with Crippen LogP contribution in [-0.4, -0.2) is 66.4 Å². The largest absolute Gasteiger partial charge is 0.497 e. The molecule has 2 heterocycles. The highest BCUT2D eigenvalue weighted by Gasteiger charge is 2.36. The van der Waals surface area contributed by atoms with E-state index in [1.54, 1.807) is 34.1 Å². The third kappa shape index (κ3) is 9.92. The number of carbonyl (C=O) groups is 2. The molecule has 2 N–H and O–H groups in total. The third-order valence-corrected chi connectivity index (χ3v) is 9.14. The Morgan fingerprint density at radius 2 is 1.65 bits per heavy atom. The fourth-order valence-electron chi connectivity index (χ4n) is 6.60. The first kappa shape index (κ1) is 41.5. The monoisotopic (exact) mass is 737 g/mol. The maximum atomic E-state index is 15.9. The number of carbonyl (C=O) groups excluding carboxylic acids is 1. The molecule has 3 aromatic rings. The normalized spacial score (nSPS) is 14.8. The van der Waals surface area contributed by atoms with Crippen LogP contribution < -0.4 is 15.6 Å². The smallest absolute Gasteiger partial charge is 0.416 e. The summed E-state index contributed by atoms with van der Waals surface area (Å²) >= 11 is 0. The molecule has 0 bridgehead atoms. The van der Waals surface area contributed by atoms with Gasteiger partial charge in [-0.3, -0.25) is 19.3 Å². The first-order valence-electron chi connectivity index (χ1n) is 16.5. The summed E-state index contributed by atoms with van der Waals surface area (Å²) in [4.78, 5) is 41.4. The van der Waals surface area contributed by atoms with Gasteiger partial charge in [0.25, 0.3) is 5.56 Å². The first-order valence-corrected chi connectivity index (χ1v) is 16.5. The Morgan fingerprint density at radius 1 is 1.02 bits per heavy atom. The lowest BCUT2D eigenvalue weighted by Gasteiger charge is -2.38. The zero-order chi connectivity index (χ0) is 37.1. The predicted octanol–water partition coefficient (Wildman–Crippen LogP) is 6.51. The number of hydrogen-bond acceptors (Lipinski definition) is 6. The van der Waals surface area contributed by atoms with Gasteiger partial charge >= 0.3 is 12.1 Å². The molecule has 280 valence electrons. The molecule has 14 heteroatoms. The lowest BCUT2D eigenvalue weighted by Crippen LogP contribution is -2.52. The molecule has 1 unspecified atom stereocenters. The molecule has 1 amide bonds. The average Bonchev–Trinajstić information content (AvgIpc) is 2.99. The van der Waals surface area contributed by atoms with Crippen molar-refractivity contribution in [3.8, 4) is 16.9 Å². The zero-order valence-electron chi connectivity index (χ0n) is 29.9. The van der Waals surface area contributed by atoms with Gasteiger partial charge in [-0.1, -0.05) is 13.8 Å². The van der Waals surface area contributed by atoms with Crippen LogP contribution in [0, 0.1) is 32.5 Å². The second-order valence-corrected chi connectivity index (χ2v) is 13.5. The summed E-state index contributed by atoms with van der Waals surface area (Å²) in [6.45, 7) is 10.3. The molecule has 0 radical (unpaired) electrons. The molecule has 9 nitrogen and oxygen atoms in total. The summed E-state index contributed by atoms with van der Waals surface area (Å²) in [5.74, 6) is -2.40. The van der Waals surface area contributed by atoms with Crippen molar-refractivity contribution in [2.45, 2.75) is 78.2 Å². The summed E-state index contributed by atoms with van der Waals surface area (Å²) in [5, 5.41) is 12.5. The molecule has 4 rings (SSSR count). The van der Waals surface area contributed by atoms with Crippen molar-refractivity contribution in [2.24, 2.45) is 5.92 Å². The van der Waals surface area contributed by atoms with Crippen LogP contribution in [0.3, 0.4) is 0 Å². The maximum Gasteiger partial charge on any atom is 0.416 e. The highest BCUT2D eigenvalue weighted by atomic mass is 32.1. The van der Waals surface area contributed by atoms with Crippen molar-refractivity contribution in [3.05, 3.63) is 86.1 Å². The van der Waals surface area contributed by atoms with Gasteiger partial charge < -0.3 is 24.5 Å². The Morgan fingerprint density at radius 3 is 2.18 bits per heavy atom. The van der Waals surface area contributed by atoms with Crippen LogP contribution in [0.1, 0.15) is 72.2 Å². The number of alkyl halides is 3. The Kier molecular flexibility index (Phi) is 13.9. The number of carboxylic acids is 1. The van der Waals surface area contributed by atoms with E-state index in [2.05, 4.69) is 5.32 Å². The van der Waals surface area contributed by atoms with Crippen LogP contribution in [0.15, 0.2) is 41.3 Å². The number of benzene rings is 2. The van der Waals surface area contributed by atoms with Gasteiger partial charge in [-0.25, -0.2) is 4.39 Å². The number of nitrogens with one attached hydrogen (secondary N) is 1. The number of likely N-dealkylation sites (tertiary alicyclic amines) is 1. The number of pyridine rings is 1. The van der Waals surface area contributed by atoms with E-state index in [0.717, 1.165) is 27.5 Å². The van der Waals surface area contributed by atoms with E-state index in [-0.39, 0.29) is 61.6 Å². The number of amides is 1. The van der Waals surface area contributed by atoms with Crippen LogP contribution in [0.4, 0.5) is 17.6 Å². The molecule has 2 atom stereocenters. The van der Waals surface area contributed by atoms with Crippen molar-refractivity contribution >= 4 is 25.4 Å². The molecule has 1 fully saturated rings. The third-order valence-electron chi connectivity index (χ3n) is 9.14. The second-order valence-electron chi connectivity index (χ2n) is 13.5. The number of methoxy groups -OCH3 is 2. The van der Waals surface area contributed by atoms with Crippen molar-refractivity contribution in [3.63, 3.8) is 0 Å². The van der Waals surface area contributed by atoms with Crippen LogP contribution in [0.2, 0.25) is 0 Å². The molecule has 51 heavy (non-hydrogen) atoms. The summed E-state index contributed by atoms with van der Waals surface area (Å²) in [6, 6.07) is 4.62. The van der Waals surface area contributed by atoms with E-state index >= 15 is 4.39 Å². The fourth-order valence-corrected chi connectivity index (χ4v) is 6.60. The van der Waals surface area contributed by atoms with E-state index in [1.807, 2.05) is 30.9 Å². The molecule has 0 aliphatic carbocycles. The van der Waals surface area contributed by atoms with E-state index in [1.165, 1.54) is 13.0 Å². The van der Waals surface area contributed by atoms with Gasteiger partial charge in [0.1, 0.15) is 17.6 Å². The summed E-state index contributed by atoms with van der Waals surface area (Å²) in [7, 11) is 3.11. The first-order chi connectivity index (χ1) is 23.4.